The molecular weight excluding hydrogens is 354 g/mol. The minimum absolute atomic E-state index is 0.140. The number of halogens is 1. The Bertz CT molecular complexity index is 753. The molecule has 0 saturated heterocycles. The van der Waals surface area contributed by atoms with Crippen molar-refractivity contribution in [2.24, 2.45) is 5.73 Å². The van der Waals surface area contributed by atoms with Crippen LogP contribution < -0.4 is 16.4 Å². The first kappa shape index (κ1) is 19.9. The lowest BCUT2D eigenvalue weighted by Gasteiger charge is -2.13. The molecular formula is C19H22ClN3O3. The zero-order valence-electron chi connectivity index (χ0n) is 14.5. The zero-order chi connectivity index (χ0) is 18.9. The van der Waals surface area contributed by atoms with Gasteiger partial charge in [-0.3, -0.25) is 9.59 Å². The van der Waals surface area contributed by atoms with Gasteiger partial charge in [0.2, 0.25) is 5.91 Å². The second-order valence-corrected chi connectivity index (χ2v) is 6.12. The molecule has 1 atom stereocenters. The van der Waals surface area contributed by atoms with Crippen molar-refractivity contribution in [1.82, 2.24) is 5.32 Å². The molecule has 2 rings (SSSR count). The summed E-state index contributed by atoms with van der Waals surface area (Å²) in [4.78, 5) is 24.2. The third kappa shape index (κ3) is 5.84. The van der Waals surface area contributed by atoms with E-state index < -0.39 is 6.04 Å². The number of benzene rings is 2. The predicted octanol–water partition coefficient (Wildman–Crippen LogP) is 2.74. The highest BCUT2D eigenvalue weighted by atomic mass is 35.5. The van der Waals surface area contributed by atoms with Crippen LogP contribution in [-0.2, 0) is 9.53 Å². The van der Waals surface area contributed by atoms with Gasteiger partial charge in [0, 0.05) is 31.8 Å². The number of amides is 2. The van der Waals surface area contributed by atoms with Crippen molar-refractivity contribution in [2.45, 2.75) is 12.5 Å². The smallest absolute Gasteiger partial charge is 0.252 e. The summed E-state index contributed by atoms with van der Waals surface area (Å²) in [6, 6.07) is 13.8. The van der Waals surface area contributed by atoms with E-state index in [1.165, 1.54) is 0 Å². The molecule has 2 aromatic carbocycles. The summed E-state index contributed by atoms with van der Waals surface area (Å²) < 4.78 is 4.88. The minimum atomic E-state index is -0.391. The topological polar surface area (TPSA) is 93.5 Å². The molecule has 0 aliphatic rings. The van der Waals surface area contributed by atoms with Gasteiger partial charge in [0.1, 0.15) is 0 Å². The summed E-state index contributed by atoms with van der Waals surface area (Å²) in [5.41, 5.74) is 7.79. The lowest BCUT2D eigenvalue weighted by molar-refractivity contribution is -0.116. The van der Waals surface area contributed by atoms with Crippen LogP contribution in [0.15, 0.2) is 48.5 Å². The van der Waals surface area contributed by atoms with Gasteiger partial charge in [-0.05, 0) is 23.8 Å². The molecule has 7 heteroatoms. The highest BCUT2D eigenvalue weighted by Gasteiger charge is 2.14. The predicted molar refractivity (Wildman–Crippen MR) is 102 cm³/mol. The minimum Gasteiger partial charge on any atom is -0.383 e. The molecule has 0 heterocycles. The van der Waals surface area contributed by atoms with Gasteiger partial charge in [-0.1, -0.05) is 41.9 Å². The van der Waals surface area contributed by atoms with Crippen LogP contribution in [0.1, 0.15) is 28.4 Å². The summed E-state index contributed by atoms with van der Waals surface area (Å²) in [6.45, 7) is 0.806. The number of carbonyl (C=O) groups excluding carboxylic acids is 2. The average molecular weight is 376 g/mol. The van der Waals surface area contributed by atoms with Crippen molar-refractivity contribution >= 4 is 29.1 Å². The third-order valence-electron chi connectivity index (χ3n) is 3.72. The quantitative estimate of drug-likeness (QED) is 0.618. The maximum atomic E-state index is 12.2. The number of nitrogens with one attached hydrogen (secondary N) is 2. The fourth-order valence-corrected chi connectivity index (χ4v) is 2.64. The van der Waals surface area contributed by atoms with Crippen LogP contribution in [0.3, 0.4) is 0 Å². The van der Waals surface area contributed by atoms with E-state index in [9.17, 15) is 9.59 Å². The van der Waals surface area contributed by atoms with Gasteiger partial charge in [0.05, 0.1) is 17.2 Å². The van der Waals surface area contributed by atoms with Gasteiger partial charge < -0.3 is 21.1 Å². The summed E-state index contributed by atoms with van der Waals surface area (Å²) >= 11 is 6.15. The fraction of sp³-hybridized carbons (Fsp3) is 0.263. The van der Waals surface area contributed by atoms with Crippen LogP contribution in [-0.4, -0.2) is 32.1 Å². The van der Waals surface area contributed by atoms with Crippen LogP contribution in [0, 0.1) is 0 Å². The summed E-state index contributed by atoms with van der Waals surface area (Å²) in [5, 5.41) is 5.69. The lowest BCUT2D eigenvalue weighted by Crippen LogP contribution is -2.27. The van der Waals surface area contributed by atoms with E-state index in [0.717, 1.165) is 5.56 Å². The van der Waals surface area contributed by atoms with Crippen LogP contribution in [0.4, 0.5) is 5.69 Å². The summed E-state index contributed by atoms with van der Waals surface area (Å²) in [6.07, 6.45) is 0.140. The zero-order valence-corrected chi connectivity index (χ0v) is 15.3. The Kier molecular flexibility index (Phi) is 7.59. The van der Waals surface area contributed by atoms with Crippen LogP contribution in [0.2, 0.25) is 5.02 Å². The molecule has 0 radical (unpaired) electrons. The molecule has 0 aliphatic heterocycles. The van der Waals surface area contributed by atoms with Gasteiger partial charge in [0.15, 0.2) is 0 Å². The molecule has 4 N–H and O–H groups in total. The summed E-state index contributed by atoms with van der Waals surface area (Å²) in [5.74, 6) is -0.522. The highest BCUT2D eigenvalue weighted by Crippen LogP contribution is 2.22. The van der Waals surface area contributed by atoms with Crippen molar-refractivity contribution < 1.29 is 14.3 Å². The Morgan fingerprint density at radius 1 is 1.19 bits per heavy atom. The Morgan fingerprint density at radius 2 is 1.92 bits per heavy atom. The molecule has 0 fully saturated rings. The van der Waals surface area contributed by atoms with Crippen LogP contribution >= 0.6 is 11.6 Å². The second-order valence-electron chi connectivity index (χ2n) is 5.71. The van der Waals surface area contributed by atoms with E-state index >= 15 is 0 Å². The molecule has 138 valence electrons. The van der Waals surface area contributed by atoms with E-state index in [-0.39, 0.29) is 23.3 Å². The monoisotopic (exact) mass is 375 g/mol. The molecule has 0 aliphatic carbocycles. The van der Waals surface area contributed by atoms with Gasteiger partial charge >= 0.3 is 0 Å². The third-order valence-corrected chi connectivity index (χ3v) is 4.03. The first-order valence-electron chi connectivity index (χ1n) is 8.18. The molecule has 0 aromatic heterocycles. The van der Waals surface area contributed by atoms with Crippen LogP contribution in [0.25, 0.3) is 0 Å². The SMILES string of the molecule is COCCNC(=O)c1ccc(NC(=O)CC(N)c2ccccc2)cc1Cl. The number of hydrogen-bond acceptors (Lipinski definition) is 4. The van der Waals surface area contributed by atoms with Crippen molar-refractivity contribution in [3.05, 3.63) is 64.7 Å². The number of nitrogens with two attached hydrogens (primary N) is 1. The van der Waals surface area contributed by atoms with Gasteiger partial charge in [-0.25, -0.2) is 0 Å². The molecule has 0 bridgehead atoms. The van der Waals surface area contributed by atoms with E-state index in [4.69, 9.17) is 22.1 Å². The first-order valence-corrected chi connectivity index (χ1v) is 8.56. The molecule has 1 unspecified atom stereocenters. The van der Waals surface area contributed by atoms with E-state index in [0.29, 0.717) is 24.4 Å². The molecule has 2 amide bonds. The van der Waals surface area contributed by atoms with Crippen LogP contribution in [0.5, 0.6) is 0 Å². The molecule has 6 nitrogen and oxygen atoms in total. The van der Waals surface area contributed by atoms with E-state index in [2.05, 4.69) is 10.6 Å². The first-order chi connectivity index (χ1) is 12.5. The number of carbonyl (C=O) groups is 2. The van der Waals surface area contributed by atoms with E-state index in [1.54, 1.807) is 25.3 Å². The number of hydrogen-bond donors (Lipinski definition) is 3. The fourth-order valence-electron chi connectivity index (χ4n) is 2.37. The normalized spacial score (nSPS) is 11.7. The summed E-state index contributed by atoms with van der Waals surface area (Å²) in [7, 11) is 1.56. The molecule has 26 heavy (non-hydrogen) atoms. The second kappa shape index (κ2) is 9.91. The lowest BCUT2D eigenvalue weighted by atomic mass is 10.0. The molecule has 2 aromatic rings. The van der Waals surface area contributed by atoms with Gasteiger partial charge in [-0.2, -0.15) is 0 Å². The van der Waals surface area contributed by atoms with Crippen molar-refractivity contribution in [1.29, 1.82) is 0 Å². The Balaban J connectivity index is 1.94. The Hall–Kier alpha value is -2.41. The molecule has 0 spiro atoms. The number of methoxy groups -OCH3 is 1. The Morgan fingerprint density at radius 3 is 2.58 bits per heavy atom. The van der Waals surface area contributed by atoms with E-state index in [1.807, 2.05) is 30.3 Å². The standard InChI is InChI=1S/C19H22ClN3O3/c1-26-10-9-22-19(25)15-8-7-14(11-16(15)20)23-18(24)12-17(21)13-5-3-2-4-6-13/h2-8,11,17H,9-10,12,21H2,1H3,(H,22,25)(H,23,24). The Labute approximate surface area is 157 Å². The molecule has 0 saturated carbocycles. The maximum absolute atomic E-state index is 12.2. The largest absolute Gasteiger partial charge is 0.383 e. The highest BCUT2D eigenvalue weighted by molar-refractivity contribution is 6.34. The number of rotatable bonds is 8. The number of anilines is 1. The van der Waals surface area contributed by atoms with Crippen molar-refractivity contribution in [3.8, 4) is 0 Å². The van der Waals surface area contributed by atoms with Gasteiger partial charge in [0.25, 0.3) is 5.91 Å². The van der Waals surface area contributed by atoms with Gasteiger partial charge in [-0.15, -0.1) is 0 Å². The maximum Gasteiger partial charge on any atom is 0.252 e. The van der Waals surface area contributed by atoms with Crippen molar-refractivity contribution in [3.63, 3.8) is 0 Å². The number of ether oxygens (including phenoxy) is 1. The average Bonchev–Trinajstić information content (AvgIpc) is 2.62. The van der Waals surface area contributed by atoms with Crippen molar-refractivity contribution in [2.75, 3.05) is 25.6 Å².